The number of hydrogen-bond donors (Lipinski definition) is 0. The Morgan fingerprint density at radius 3 is 2.72 bits per heavy atom. The second-order valence-electron chi connectivity index (χ2n) is 6.70. The molecule has 132 valence electrons. The molecule has 2 aliphatic heterocycles. The molecule has 2 aliphatic rings. The Bertz CT molecular complexity index is 782. The zero-order chi connectivity index (χ0) is 17.6. The van der Waals surface area contributed by atoms with Crippen molar-refractivity contribution in [2.24, 2.45) is 0 Å². The van der Waals surface area contributed by atoms with Gasteiger partial charge in [-0.3, -0.25) is 9.58 Å². The molecule has 0 spiro atoms. The van der Waals surface area contributed by atoms with Gasteiger partial charge in [-0.25, -0.2) is 9.78 Å². The molecular weight excluding hydrogens is 320 g/mol. The molecule has 25 heavy (non-hydrogen) atoms. The quantitative estimate of drug-likeness (QED) is 0.813. The standard InChI is InChI=1S/C16H22N8O/c1-20(2)15-17-5-4-14(19-15)22-9-13(10-22)24-11-12(8-18-24)23-7-6-21(3)16(23)25/h4-5,8,11,13H,6-7,9-10H2,1-3H3. The maximum Gasteiger partial charge on any atom is 0.324 e. The number of hydrogen-bond acceptors (Lipinski definition) is 6. The molecule has 2 fully saturated rings. The topological polar surface area (TPSA) is 73.6 Å². The predicted molar refractivity (Wildman–Crippen MR) is 95.2 cm³/mol. The lowest BCUT2D eigenvalue weighted by Gasteiger charge is -2.40. The molecule has 0 bridgehead atoms. The molecule has 2 aromatic rings. The first-order valence-corrected chi connectivity index (χ1v) is 8.35. The lowest BCUT2D eigenvalue weighted by atomic mass is 10.1. The Morgan fingerprint density at radius 2 is 2.04 bits per heavy atom. The summed E-state index contributed by atoms with van der Waals surface area (Å²) < 4.78 is 1.95. The van der Waals surface area contributed by atoms with Crippen LogP contribution < -0.4 is 14.7 Å². The van der Waals surface area contributed by atoms with Crippen LogP contribution in [0.15, 0.2) is 24.7 Å². The molecule has 0 aliphatic carbocycles. The van der Waals surface area contributed by atoms with Gasteiger partial charge in [-0.2, -0.15) is 10.1 Å². The smallest absolute Gasteiger partial charge is 0.324 e. The first kappa shape index (κ1) is 15.7. The zero-order valence-electron chi connectivity index (χ0n) is 14.7. The number of likely N-dealkylation sites (N-methyl/N-ethyl adjacent to an activating group) is 1. The second kappa shape index (κ2) is 5.91. The minimum absolute atomic E-state index is 0.0342. The van der Waals surface area contributed by atoms with Gasteiger partial charge in [0.2, 0.25) is 5.95 Å². The predicted octanol–water partition coefficient (Wildman–Crippen LogP) is 0.672. The van der Waals surface area contributed by atoms with Crippen LogP contribution in [0.1, 0.15) is 6.04 Å². The van der Waals surface area contributed by atoms with Crippen LogP contribution >= 0.6 is 0 Å². The Kier molecular flexibility index (Phi) is 3.70. The highest BCUT2D eigenvalue weighted by Crippen LogP contribution is 2.28. The van der Waals surface area contributed by atoms with Crippen molar-refractivity contribution in [3.8, 4) is 0 Å². The van der Waals surface area contributed by atoms with Crippen molar-refractivity contribution in [2.75, 3.05) is 62.0 Å². The second-order valence-corrected chi connectivity index (χ2v) is 6.70. The molecule has 0 unspecified atom stereocenters. The summed E-state index contributed by atoms with van der Waals surface area (Å²) in [7, 11) is 5.68. The first-order valence-electron chi connectivity index (χ1n) is 8.35. The van der Waals surface area contributed by atoms with E-state index >= 15 is 0 Å². The van der Waals surface area contributed by atoms with Gasteiger partial charge in [-0.15, -0.1) is 0 Å². The van der Waals surface area contributed by atoms with Crippen LogP contribution in [0.4, 0.5) is 22.2 Å². The number of carbonyl (C=O) groups is 1. The highest BCUT2D eigenvalue weighted by molar-refractivity contribution is 5.93. The van der Waals surface area contributed by atoms with Gasteiger partial charge < -0.3 is 14.7 Å². The molecule has 4 heterocycles. The van der Waals surface area contributed by atoms with Crippen molar-refractivity contribution in [2.45, 2.75) is 6.04 Å². The molecule has 4 rings (SSSR count). The minimum Gasteiger partial charge on any atom is -0.352 e. The van der Waals surface area contributed by atoms with Crippen LogP contribution in [0.2, 0.25) is 0 Å². The van der Waals surface area contributed by atoms with E-state index in [0.717, 1.165) is 31.1 Å². The average Bonchev–Trinajstić information content (AvgIpc) is 3.14. The fraction of sp³-hybridized carbons (Fsp3) is 0.500. The van der Waals surface area contributed by atoms with Gasteiger partial charge in [0.25, 0.3) is 0 Å². The van der Waals surface area contributed by atoms with Gasteiger partial charge in [0.15, 0.2) is 0 Å². The van der Waals surface area contributed by atoms with Gasteiger partial charge in [-0.05, 0) is 6.07 Å². The van der Waals surface area contributed by atoms with E-state index in [9.17, 15) is 4.79 Å². The van der Waals surface area contributed by atoms with E-state index in [-0.39, 0.29) is 6.03 Å². The Balaban J connectivity index is 1.41. The van der Waals surface area contributed by atoms with E-state index in [0.29, 0.717) is 18.5 Å². The van der Waals surface area contributed by atoms with Crippen LogP contribution in [-0.2, 0) is 0 Å². The molecule has 2 amide bonds. The summed E-state index contributed by atoms with van der Waals surface area (Å²) in [5.41, 5.74) is 0.865. The summed E-state index contributed by atoms with van der Waals surface area (Å²) in [5.74, 6) is 1.64. The van der Waals surface area contributed by atoms with Crippen LogP contribution in [0.3, 0.4) is 0 Å². The summed E-state index contributed by atoms with van der Waals surface area (Å²) in [6.45, 7) is 3.16. The fourth-order valence-electron chi connectivity index (χ4n) is 3.09. The molecule has 2 aromatic heterocycles. The lowest BCUT2D eigenvalue weighted by molar-refractivity contribution is 0.229. The molecule has 0 N–H and O–H groups in total. The van der Waals surface area contributed by atoms with Gasteiger partial charge in [0, 0.05) is 59.7 Å². The maximum absolute atomic E-state index is 12.1. The number of rotatable bonds is 4. The van der Waals surface area contributed by atoms with Crippen molar-refractivity contribution >= 4 is 23.5 Å². The van der Waals surface area contributed by atoms with Gasteiger partial charge >= 0.3 is 6.03 Å². The minimum atomic E-state index is 0.0342. The zero-order valence-corrected chi connectivity index (χ0v) is 14.7. The van der Waals surface area contributed by atoms with Crippen LogP contribution in [0, 0.1) is 0 Å². The van der Waals surface area contributed by atoms with Crippen LogP contribution in [-0.4, -0.2) is 78.0 Å². The molecule has 9 heteroatoms. The normalized spacial score (nSPS) is 18.0. The monoisotopic (exact) mass is 342 g/mol. The Hall–Kier alpha value is -2.84. The van der Waals surface area contributed by atoms with Crippen molar-refractivity contribution < 1.29 is 4.79 Å². The third-order valence-corrected chi connectivity index (χ3v) is 4.70. The van der Waals surface area contributed by atoms with Gasteiger partial charge in [0.05, 0.1) is 17.9 Å². The Morgan fingerprint density at radius 1 is 1.24 bits per heavy atom. The summed E-state index contributed by atoms with van der Waals surface area (Å²) in [5, 5.41) is 4.45. The van der Waals surface area contributed by atoms with E-state index in [4.69, 9.17) is 0 Å². The lowest BCUT2D eigenvalue weighted by Crippen LogP contribution is -2.48. The SMILES string of the molecule is CN1CCN(c2cnn(C3CN(c4ccnc(N(C)C)n4)C3)c2)C1=O. The number of amides is 2. The highest BCUT2D eigenvalue weighted by atomic mass is 16.2. The summed E-state index contributed by atoms with van der Waals surface area (Å²) >= 11 is 0. The average molecular weight is 342 g/mol. The third-order valence-electron chi connectivity index (χ3n) is 4.70. The molecule has 2 saturated heterocycles. The van der Waals surface area contributed by atoms with Crippen molar-refractivity contribution in [1.29, 1.82) is 0 Å². The number of anilines is 3. The highest BCUT2D eigenvalue weighted by Gasteiger charge is 2.32. The largest absolute Gasteiger partial charge is 0.352 e. The number of carbonyl (C=O) groups excluding carboxylic acids is 1. The first-order chi connectivity index (χ1) is 12.0. The summed E-state index contributed by atoms with van der Waals surface area (Å²) in [4.78, 5) is 28.5. The number of aromatic nitrogens is 4. The third kappa shape index (κ3) is 2.75. The van der Waals surface area contributed by atoms with Gasteiger partial charge in [0.1, 0.15) is 5.82 Å². The van der Waals surface area contributed by atoms with E-state index < -0.39 is 0 Å². The van der Waals surface area contributed by atoms with Crippen LogP contribution in [0.5, 0.6) is 0 Å². The van der Waals surface area contributed by atoms with Crippen molar-refractivity contribution in [1.82, 2.24) is 24.6 Å². The maximum atomic E-state index is 12.1. The van der Waals surface area contributed by atoms with Crippen LogP contribution in [0.25, 0.3) is 0 Å². The van der Waals surface area contributed by atoms with E-state index in [1.165, 1.54) is 0 Å². The molecule has 0 atom stereocenters. The van der Waals surface area contributed by atoms with Crippen molar-refractivity contribution in [3.05, 3.63) is 24.7 Å². The molecular formula is C16H22N8O. The van der Waals surface area contributed by atoms with Gasteiger partial charge in [-0.1, -0.05) is 0 Å². The molecule has 9 nitrogen and oxygen atoms in total. The fourth-order valence-corrected chi connectivity index (χ4v) is 3.09. The van der Waals surface area contributed by atoms with Crippen molar-refractivity contribution in [3.63, 3.8) is 0 Å². The number of urea groups is 1. The molecule has 0 aromatic carbocycles. The van der Waals surface area contributed by atoms with E-state index in [1.807, 2.05) is 43.0 Å². The summed E-state index contributed by atoms with van der Waals surface area (Å²) in [6.07, 6.45) is 5.52. The summed E-state index contributed by atoms with van der Waals surface area (Å²) in [6, 6.07) is 2.25. The van der Waals surface area contributed by atoms with E-state index in [1.54, 1.807) is 22.2 Å². The van der Waals surface area contributed by atoms with E-state index in [2.05, 4.69) is 20.0 Å². The number of nitrogens with zero attached hydrogens (tertiary/aromatic N) is 8. The molecule has 0 radical (unpaired) electrons. The molecule has 0 saturated carbocycles. The Labute approximate surface area is 146 Å².